The molecule has 170 valence electrons. The van der Waals surface area contributed by atoms with E-state index in [0.717, 1.165) is 22.5 Å². The van der Waals surface area contributed by atoms with E-state index in [9.17, 15) is 9.18 Å². The van der Waals surface area contributed by atoms with Gasteiger partial charge in [-0.15, -0.1) is 0 Å². The Morgan fingerprint density at radius 2 is 2.00 bits per heavy atom. The molecule has 1 N–H and O–H groups in total. The molecule has 33 heavy (non-hydrogen) atoms. The Morgan fingerprint density at radius 3 is 2.73 bits per heavy atom. The highest BCUT2D eigenvalue weighted by Gasteiger charge is 2.14. The van der Waals surface area contributed by atoms with Gasteiger partial charge in [0.25, 0.3) is 5.91 Å². The average molecular weight is 469 g/mol. The molecule has 2 heterocycles. The summed E-state index contributed by atoms with van der Waals surface area (Å²) in [5.41, 5.74) is 3.63. The minimum Gasteiger partial charge on any atom is -0.489 e. The highest BCUT2D eigenvalue weighted by molar-refractivity contribution is 6.31. The van der Waals surface area contributed by atoms with Crippen LogP contribution in [0.1, 0.15) is 38.6 Å². The maximum absolute atomic E-state index is 13.3. The van der Waals surface area contributed by atoms with Crippen molar-refractivity contribution in [1.29, 1.82) is 0 Å². The van der Waals surface area contributed by atoms with E-state index < -0.39 is 5.82 Å². The lowest BCUT2D eigenvalue weighted by Gasteiger charge is -2.08. The number of hydrogen-bond acceptors (Lipinski definition) is 5. The number of nitrogens with zero attached hydrogens (tertiary/aromatic N) is 3. The Kier molecular flexibility index (Phi) is 6.46. The van der Waals surface area contributed by atoms with Gasteiger partial charge < -0.3 is 14.6 Å². The summed E-state index contributed by atoms with van der Waals surface area (Å²) >= 11 is 6.12. The molecule has 0 atom stereocenters. The standard InChI is InChI=1S/C24H22ClFN4O3/c1-14-9-23(28-30(14)12-18-7-8-19(26)11-22(18)25)27-24(31)17-5-4-6-20(10-17)32-13-21-15(2)29-33-16(21)3/h4-11H,12-13H2,1-3H3,(H,27,28,31). The fourth-order valence-corrected chi connectivity index (χ4v) is 3.55. The molecule has 2 aromatic carbocycles. The van der Waals surface area contributed by atoms with Gasteiger partial charge >= 0.3 is 0 Å². The lowest BCUT2D eigenvalue weighted by Crippen LogP contribution is -2.13. The molecule has 0 fully saturated rings. The summed E-state index contributed by atoms with van der Waals surface area (Å²) in [5.74, 6) is 0.941. The first-order valence-electron chi connectivity index (χ1n) is 10.2. The number of ether oxygens (including phenoxy) is 1. The molecule has 0 saturated carbocycles. The summed E-state index contributed by atoms with van der Waals surface area (Å²) in [6.07, 6.45) is 0. The number of aryl methyl sites for hydroxylation is 3. The zero-order valence-corrected chi connectivity index (χ0v) is 19.1. The Bertz CT molecular complexity index is 1300. The van der Waals surface area contributed by atoms with Gasteiger partial charge in [0.05, 0.1) is 17.8 Å². The molecule has 9 heteroatoms. The maximum Gasteiger partial charge on any atom is 0.256 e. The van der Waals surface area contributed by atoms with Crippen molar-refractivity contribution in [2.45, 2.75) is 33.9 Å². The molecule has 0 unspecified atom stereocenters. The Morgan fingerprint density at radius 1 is 1.18 bits per heavy atom. The number of nitrogens with one attached hydrogen (secondary N) is 1. The Labute approximate surface area is 195 Å². The van der Waals surface area contributed by atoms with E-state index in [-0.39, 0.29) is 5.91 Å². The molecule has 4 rings (SSSR count). The summed E-state index contributed by atoms with van der Waals surface area (Å²) in [4.78, 5) is 12.8. The predicted molar refractivity (Wildman–Crippen MR) is 122 cm³/mol. The van der Waals surface area contributed by atoms with Crippen LogP contribution in [-0.2, 0) is 13.2 Å². The highest BCUT2D eigenvalue weighted by Crippen LogP contribution is 2.21. The number of carbonyl (C=O) groups is 1. The van der Waals surface area contributed by atoms with Gasteiger partial charge in [-0.1, -0.05) is 28.9 Å². The maximum atomic E-state index is 13.3. The van der Waals surface area contributed by atoms with Crippen LogP contribution in [0.5, 0.6) is 5.75 Å². The molecule has 0 aliphatic rings. The van der Waals surface area contributed by atoms with Crippen LogP contribution in [0.3, 0.4) is 0 Å². The fraction of sp³-hybridized carbons (Fsp3) is 0.208. The van der Waals surface area contributed by atoms with Crippen LogP contribution in [0.25, 0.3) is 0 Å². The quantitative estimate of drug-likeness (QED) is 0.389. The van der Waals surface area contributed by atoms with Gasteiger partial charge in [0.15, 0.2) is 5.82 Å². The molecule has 7 nitrogen and oxygen atoms in total. The van der Waals surface area contributed by atoms with Crippen molar-refractivity contribution in [3.63, 3.8) is 0 Å². The van der Waals surface area contributed by atoms with Crippen LogP contribution >= 0.6 is 11.6 Å². The van der Waals surface area contributed by atoms with Crippen molar-refractivity contribution in [3.8, 4) is 5.75 Å². The van der Waals surface area contributed by atoms with Gasteiger partial charge in [0.1, 0.15) is 23.9 Å². The number of benzene rings is 2. The van der Waals surface area contributed by atoms with Crippen LogP contribution in [0.4, 0.5) is 10.2 Å². The second-order valence-corrected chi connectivity index (χ2v) is 8.04. The van der Waals surface area contributed by atoms with Gasteiger partial charge in [0, 0.05) is 22.3 Å². The molecule has 0 radical (unpaired) electrons. The molecule has 4 aromatic rings. The molecule has 2 aromatic heterocycles. The van der Waals surface area contributed by atoms with E-state index in [1.165, 1.54) is 12.1 Å². The highest BCUT2D eigenvalue weighted by atomic mass is 35.5. The number of hydrogen-bond donors (Lipinski definition) is 1. The largest absolute Gasteiger partial charge is 0.489 e. The lowest BCUT2D eigenvalue weighted by atomic mass is 10.2. The van der Waals surface area contributed by atoms with Crippen LogP contribution in [0, 0.1) is 26.6 Å². The molecular formula is C24H22ClFN4O3. The summed E-state index contributed by atoms with van der Waals surface area (Å²) in [5, 5.41) is 11.5. The van der Waals surface area contributed by atoms with E-state index in [4.69, 9.17) is 20.9 Å². The Hall–Kier alpha value is -3.65. The molecule has 0 bridgehead atoms. The number of amides is 1. The number of carbonyl (C=O) groups excluding carboxylic acids is 1. The average Bonchev–Trinajstić information content (AvgIpc) is 3.29. The normalized spacial score (nSPS) is 10.9. The van der Waals surface area contributed by atoms with E-state index in [2.05, 4.69) is 15.6 Å². The topological polar surface area (TPSA) is 82.2 Å². The van der Waals surface area contributed by atoms with Crippen LogP contribution in [0.15, 0.2) is 53.1 Å². The van der Waals surface area contributed by atoms with Crippen LogP contribution in [0.2, 0.25) is 5.02 Å². The first kappa shape index (κ1) is 22.5. The number of halogens is 2. The number of rotatable bonds is 7. The molecule has 0 aliphatic carbocycles. The fourth-order valence-electron chi connectivity index (χ4n) is 3.32. The smallest absolute Gasteiger partial charge is 0.256 e. The molecule has 0 saturated heterocycles. The second kappa shape index (κ2) is 9.46. The summed E-state index contributed by atoms with van der Waals surface area (Å²) in [6, 6.07) is 12.9. The first-order chi connectivity index (χ1) is 15.8. The van der Waals surface area contributed by atoms with Crippen molar-refractivity contribution in [1.82, 2.24) is 14.9 Å². The van der Waals surface area contributed by atoms with Gasteiger partial charge in [-0.25, -0.2) is 4.39 Å². The number of anilines is 1. The summed E-state index contributed by atoms with van der Waals surface area (Å²) in [6.45, 7) is 6.19. The van der Waals surface area contributed by atoms with Gasteiger partial charge in [-0.3, -0.25) is 9.48 Å². The molecule has 0 aliphatic heterocycles. The summed E-state index contributed by atoms with van der Waals surface area (Å²) < 4.78 is 25.9. The third kappa shape index (κ3) is 5.23. The monoisotopic (exact) mass is 468 g/mol. The van der Waals surface area contributed by atoms with Crippen molar-refractivity contribution in [2.75, 3.05) is 5.32 Å². The first-order valence-corrected chi connectivity index (χ1v) is 10.6. The van der Waals surface area contributed by atoms with Gasteiger partial charge in [0.2, 0.25) is 0 Å². The van der Waals surface area contributed by atoms with E-state index in [0.29, 0.717) is 41.1 Å². The van der Waals surface area contributed by atoms with Crippen LogP contribution < -0.4 is 10.1 Å². The molecule has 1 amide bonds. The summed E-state index contributed by atoms with van der Waals surface area (Å²) in [7, 11) is 0. The zero-order valence-electron chi connectivity index (χ0n) is 18.4. The van der Waals surface area contributed by atoms with E-state index in [1.807, 2.05) is 20.8 Å². The minimum absolute atomic E-state index is 0.293. The SMILES string of the molecule is Cc1noc(C)c1COc1cccc(C(=O)Nc2cc(C)n(Cc3ccc(F)cc3Cl)n2)c1. The number of aromatic nitrogens is 3. The third-order valence-corrected chi connectivity index (χ3v) is 5.57. The van der Waals surface area contributed by atoms with Crippen LogP contribution in [-0.4, -0.2) is 20.8 Å². The Balaban J connectivity index is 1.43. The van der Waals surface area contributed by atoms with E-state index in [1.54, 1.807) is 41.1 Å². The second-order valence-electron chi connectivity index (χ2n) is 7.64. The zero-order chi connectivity index (χ0) is 23.5. The molecular weight excluding hydrogens is 447 g/mol. The minimum atomic E-state index is -0.396. The van der Waals surface area contributed by atoms with Gasteiger partial charge in [-0.2, -0.15) is 5.10 Å². The van der Waals surface area contributed by atoms with E-state index >= 15 is 0 Å². The van der Waals surface area contributed by atoms with Crippen molar-refractivity contribution < 1.29 is 18.4 Å². The van der Waals surface area contributed by atoms with Gasteiger partial charge in [-0.05, 0) is 56.7 Å². The molecule has 0 spiro atoms. The van der Waals surface area contributed by atoms with Crippen molar-refractivity contribution in [3.05, 3.63) is 93.2 Å². The lowest BCUT2D eigenvalue weighted by molar-refractivity contribution is 0.102. The van der Waals surface area contributed by atoms with Crippen molar-refractivity contribution >= 4 is 23.3 Å². The third-order valence-electron chi connectivity index (χ3n) is 5.22. The van der Waals surface area contributed by atoms with Crippen molar-refractivity contribution in [2.24, 2.45) is 0 Å². The predicted octanol–water partition coefficient (Wildman–Crippen LogP) is 5.47.